The van der Waals surface area contributed by atoms with Crippen LogP contribution in [0.25, 0.3) is 11.3 Å². The van der Waals surface area contributed by atoms with Crippen molar-refractivity contribution < 1.29 is 22.7 Å². The molecule has 0 atom stereocenters. The number of rotatable bonds is 3. The Morgan fingerprint density at radius 2 is 1.81 bits per heavy atom. The first-order valence-corrected chi connectivity index (χ1v) is 6.00. The molecule has 0 spiro atoms. The monoisotopic (exact) mass is 300 g/mol. The molecule has 0 aliphatic carbocycles. The fraction of sp³-hybridized carbons (Fsp3) is 0.231. The summed E-state index contributed by atoms with van der Waals surface area (Å²) < 4.78 is 42.3. The van der Waals surface area contributed by atoms with E-state index >= 15 is 0 Å². The smallest absolute Gasteiger partial charge is 0.416 e. The molecule has 0 bridgehead atoms. The number of H-pyrrole nitrogens is 2. The van der Waals surface area contributed by atoms with Gasteiger partial charge >= 0.3 is 17.8 Å². The third kappa shape index (κ3) is 3.15. The van der Waals surface area contributed by atoms with Crippen LogP contribution in [0.5, 0.6) is 0 Å². The number of alkyl halides is 3. The maximum absolute atomic E-state index is 12.5. The second-order valence-corrected chi connectivity index (χ2v) is 4.12. The number of halogens is 3. The SMILES string of the molecule is CCOC(=O)c1[nH]c(=O)[nH]c1-c1ccc(C(F)(F)F)cc1. The largest absolute Gasteiger partial charge is 0.461 e. The average Bonchev–Trinajstić information content (AvgIpc) is 2.80. The second kappa shape index (κ2) is 5.47. The molecule has 112 valence electrons. The molecule has 2 N–H and O–H groups in total. The number of hydrogen-bond acceptors (Lipinski definition) is 3. The highest BCUT2D eigenvalue weighted by Gasteiger charge is 2.30. The van der Waals surface area contributed by atoms with Crippen molar-refractivity contribution in [2.45, 2.75) is 13.1 Å². The lowest BCUT2D eigenvalue weighted by molar-refractivity contribution is -0.137. The molecule has 0 saturated heterocycles. The van der Waals surface area contributed by atoms with Gasteiger partial charge in [-0.25, -0.2) is 9.59 Å². The van der Waals surface area contributed by atoms with E-state index in [9.17, 15) is 22.8 Å². The standard InChI is InChI=1S/C13H11F3N2O3/c1-2-21-11(19)10-9(17-12(20)18-10)7-3-5-8(6-4-7)13(14,15)16/h3-6H,2H2,1H3,(H2,17,18,20). The maximum Gasteiger partial charge on any atom is 0.416 e. The fourth-order valence-corrected chi connectivity index (χ4v) is 1.78. The van der Waals surface area contributed by atoms with Crippen molar-refractivity contribution in [1.82, 2.24) is 9.97 Å². The summed E-state index contributed by atoms with van der Waals surface area (Å²) in [5, 5.41) is 0. The van der Waals surface area contributed by atoms with Gasteiger partial charge in [0.1, 0.15) is 0 Å². The minimum atomic E-state index is -4.45. The Morgan fingerprint density at radius 1 is 1.19 bits per heavy atom. The second-order valence-electron chi connectivity index (χ2n) is 4.12. The summed E-state index contributed by atoms with van der Waals surface area (Å²) in [7, 11) is 0. The Kier molecular flexibility index (Phi) is 3.88. The molecule has 0 aliphatic rings. The zero-order chi connectivity index (χ0) is 15.6. The predicted molar refractivity (Wildman–Crippen MR) is 67.8 cm³/mol. The molecule has 1 heterocycles. The highest BCUT2D eigenvalue weighted by atomic mass is 19.4. The number of ether oxygens (including phenoxy) is 1. The number of hydrogen-bond donors (Lipinski definition) is 2. The van der Waals surface area contributed by atoms with Gasteiger partial charge in [0.05, 0.1) is 17.9 Å². The van der Waals surface area contributed by atoms with Crippen LogP contribution in [0.3, 0.4) is 0 Å². The zero-order valence-corrected chi connectivity index (χ0v) is 10.9. The molecule has 0 aliphatic heterocycles. The van der Waals surface area contributed by atoms with Crippen LogP contribution in [0.2, 0.25) is 0 Å². The first kappa shape index (κ1) is 14.9. The van der Waals surface area contributed by atoms with Crippen LogP contribution in [0.1, 0.15) is 23.0 Å². The van der Waals surface area contributed by atoms with Gasteiger partial charge in [0.25, 0.3) is 0 Å². The normalized spacial score (nSPS) is 11.4. The third-order valence-electron chi connectivity index (χ3n) is 2.71. The van der Waals surface area contributed by atoms with Crippen LogP contribution in [-0.4, -0.2) is 22.5 Å². The number of imidazole rings is 1. The fourth-order valence-electron chi connectivity index (χ4n) is 1.78. The molecule has 5 nitrogen and oxygen atoms in total. The van der Waals surface area contributed by atoms with Crippen molar-refractivity contribution in [3.8, 4) is 11.3 Å². The van der Waals surface area contributed by atoms with Crippen molar-refractivity contribution in [1.29, 1.82) is 0 Å². The minimum Gasteiger partial charge on any atom is -0.461 e. The molecule has 0 fully saturated rings. The van der Waals surface area contributed by atoms with Gasteiger partial charge < -0.3 is 9.72 Å². The molecule has 8 heteroatoms. The number of carbonyl (C=O) groups is 1. The van der Waals surface area contributed by atoms with Gasteiger partial charge in [0, 0.05) is 5.56 Å². The van der Waals surface area contributed by atoms with Crippen LogP contribution in [0, 0.1) is 0 Å². The summed E-state index contributed by atoms with van der Waals surface area (Å²) in [4.78, 5) is 27.6. The quantitative estimate of drug-likeness (QED) is 0.855. The van der Waals surface area contributed by atoms with Crippen molar-refractivity contribution >= 4 is 5.97 Å². The lowest BCUT2D eigenvalue weighted by Gasteiger charge is -2.07. The van der Waals surface area contributed by atoms with E-state index in [4.69, 9.17) is 4.74 Å². The number of nitrogens with one attached hydrogen (secondary N) is 2. The van der Waals surface area contributed by atoms with E-state index in [0.717, 1.165) is 12.1 Å². The average molecular weight is 300 g/mol. The zero-order valence-electron chi connectivity index (χ0n) is 10.9. The molecule has 1 aromatic heterocycles. The summed E-state index contributed by atoms with van der Waals surface area (Å²) in [6, 6.07) is 4.08. The molecular formula is C13H11F3N2O3. The molecule has 0 radical (unpaired) electrons. The van der Waals surface area contributed by atoms with E-state index in [1.165, 1.54) is 12.1 Å². The summed E-state index contributed by atoms with van der Waals surface area (Å²) in [6.07, 6.45) is -4.45. The topological polar surface area (TPSA) is 75.0 Å². The molecule has 2 aromatic rings. The van der Waals surface area contributed by atoms with Gasteiger partial charge in [0.15, 0.2) is 5.69 Å². The van der Waals surface area contributed by atoms with Crippen LogP contribution in [0.4, 0.5) is 13.2 Å². The summed E-state index contributed by atoms with van der Waals surface area (Å²) in [6.45, 7) is 1.71. The Morgan fingerprint density at radius 3 is 2.33 bits per heavy atom. The number of benzene rings is 1. The van der Waals surface area contributed by atoms with Crippen molar-refractivity contribution in [3.05, 3.63) is 46.0 Å². The summed E-state index contributed by atoms with van der Waals surface area (Å²) in [5.41, 5.74) is -1.23. The Labute approximate surface area is 116 Å². The van der Waals surface area contributed by atoms with E-state index in [1.807, 2.05) is 0 Å². The molecule has 21 heavy (non-hydrogen) atoms. The molecule has 0 amide bonds. The first-order valence-electron chi connectivity index (χ1n) is 6.00. The van der Waals surface area contributed by atoms with Crippen LogP contribution in [-0.2, 0) is 10.9 Å². The van der Waals surface area contributed by atoms with Crippen LogP contribution >= 0.6 is 0 Å². The van der Waals surface area contributed by atoms with E-state index < -0.39 is 23.4 Å². The molecule has 2 rings (SSSR count). The lowest BCUT2D eigenvalue weighted by atomic mass is 10.1. The van der Waals surface area contributed by atoms with E-state index in [1.54, 1.807) is 6.92 Å². The van der Waals surface area contributed by atoms with Gasteiger partial charge in [-0.05, 0) is 19.1 Å². The van der Waals surface area contributed by atoms with Crippen LogP contribution < -0.4 is 5.69 Å². The van der Waals surface area contributed by atoms with Gasteiger partial charge in [-0.2, -0.15) is 13.2 Å². The Hall–Kier alpha value is -2.51. The summed E-state index contributed by atoms with van der Waals surface area (Å²) in [5.74, 6) is -0.759. The number of esters is 1. The number of carbonyl (C=O) groups excluding carboxylic acids is 1. The van der Waals surface area contributed by atoms with Crippen molar-refractivity contribution in [2.75, 3.05) is 6.61 Å². The van der Waals surface area contributed by atoms with Gasteiger partial charge in [0.2, 0.25) is 0 Å². The molecule has 1 aromatic carbocycles. The molecule has 0 unspecified atom stereocenters. The highest BCUT2D eigenvalue weighted by molar-refractivity contribution is 5.94. The first-order chi connectivity index (χ1) is 9.82. The Balaban J connectivity index is 2.43. The third-order valence-corrected chi connectivity index (χ3v) is 2.71. The number of aromatic nitrogens is 2. The van der Waals surface area contributed by atoms with E-state index in [-0.39, 0.29) is 23.6 Å². The number of aromatic amines is 2. The van der Waals surface area contributed by atoms with E-state index in [0.29, 0.717) is 0 Å². The van der Waals surface area contributed by atoms with Crippen molar-refractivity contribution in [2.24, 2.45) is 0 Å². The maximum atomic E-state index is 12.5. The van der Waals surface area contributed by atoms with E-state index in [2.05, 4.69) is 9.97 Å². The van der Waals surface area contributed by atoms with Crippen molar-refractivity contribution in [3.63, 3.8) is 0 Å². The minimum absolute atomic E-state index is 0.0900. The van der Waals surface area contributed by atoms with Gasteiger partial charge in [-0.15, -0.1) is 0 Å². The van der Waals surface area contributed by atoms with Crippen LogP contribution in [0.15, 0.2) is 29.1 Å². The summed E-state index contributed by atoms with van der Waals surface area (Å²) >= 11 is 0. The molecule has 0 saturated carbocycles. The Bertz CT molecular complexity index is 699. The predicted octanol–water partition coefficient (Wildman–Crippen LogP) is 2.57. The molecular weight excluding hydrogens is 289 g/mol. The van der Waals surface area contributed by atoms with Gasteiger partial charge in [-0.1, -0.05) is 12.1 Å². The lowest BCUT2D eigenvalue weighted by Crippen LogP contribution is -2.08. The van der Waals surface area contributed by atoms with Gasteiger partial charge in [-0.3, -0.25) is 4.98 Å². The highest BCUT2D eigenvalue weighted by Crippen LogP contribution is 2.31.